The van der Waals surface area contributed by atoms with E-state index in [4.69, 9.17) is 5.11 Å². The van der Waals surface area contributed by atoms with E-state index in [2.05, 4.69) is 9.97 Å². The van der Waals surface area contributed by atoms with Gasteiger partial charge in [-0.05, 0) is 25.0 Å². The summed E-state index contributed by atoms with van der Waals surface area (Å²) in [5.41, 5.74) is 2.70. The molecule has 0 aliphatic heterocycles. The standard InChI is InChI=1S/C14H11N3O2S/c18-14(19)13-16-12-10(2-1-3-11(12)20-13)17-6-9(15-7-17)8-4-5-8/h1-3,6-8H,4-5H2,(H,18,19). The van der Waals surface area contributed by atoms with Crippen LogP contribution in [-0.4, -0.2) is 25.6 Å². The van der Waals surface area contributed by atoms with Crippen LogP contribution >= 0.6 is 11.3 Å². The molecule has 4 rings (SSSR count). The molecule has 1 aromatic carbocycles. The molecule has 0 unspecified atom stereocenters. The SMILES string of the molecule is O=C(O)c1nc2c(-n3cnc(C4CC4)c3)cccc2s1. The molecule has 100 valence electrons. The molecule has 0 amide bonds. The summed E-state index contributed by atoms with van der Waals surface area (Å²) in [6.45, 7) is 0. The Labute approximate surface area is 118 Å². The lowest BCUT2D eigenvalue weighted by molar-refractivity contribution is 0.0696. The fourth-order valence-corrected chi connectivity index (χ4v) is 3.12. The molecule has 0 saturated heterocycles. The van der Waals surface area contributed by atoms with Gasteiger partial charge in [0.2, 0.25) is 5.01 Å². The normalized spacial score (nSPS) is 14.8. The number of benzene rings is 1. The third-order valence-corrected chi connectivity index (χ3v) is 4.47. The molecular formula is C14H11N3O2S. The Kier molecular flexibility index (Phi) is 2.40. The van der Waals surface area contributed by atoms with E-state index in [0.29, 0.717) is 5.92 Å². The number of aromatic nitrogens is 3. The number of fused-ring (bicyclic) bond motifs is 1. The van der Waals surface area contributed by atoms with E-state index < -0.39 is 5.97 Å². The molecule has 1 aliphatic carbocycles. The highest BCUT2D eigenvalue weighted by Gasteiger charge is 2.26. The summed E-state index contributed by atoms with van der Waals surface area (Å²) >= 11 is 1.20. The van der Waals surface area contributed by atoms with Crippen LogP contribution in [0.2, 0.25) is 0 Å². The minimum absolute atomic E-state index is 0.120. The average molecular weight is 285 g/mol. The Bertz CT molecular complexity index is 817. The monoisotopic (exact) mass is 285 g/mol. The maximum atomic E-state index is 11.0. The summed E-state index contributed by atoms with van der Waals surface area (Å²) in [5, 5.41) is 9.18. The van der Waals surface area contributed by atoms with Gasteiger partial charge >= 0.3 is 5.97 Å². The first-order valence-corrected chi connectivity index (χ1v) is 7.21. The first-order chi connectivity index (χ1) is 9.72. The minimum Gasteiger partial charge on any atom is -0.476 e. The van der Waals surface area contributed by atoms with E-state index in [1.165, 1.54) is 24.2 Å². The van der Waals surface area contributed by atoms with Crippen LogP contribution in [-0.2, 0) is 0 Å². The molecule has 1 N–H and O–H groups in total. The van der Waals surface area contributed by atoms with Gasteiger partial charge in [0.05, 0.1) is 22.4 Å². The van der Waals surface area contributed by atoms with Gasteiger partial charge in [-0.3, -0.25) is 0 Å². The number of para-hydroxylation sites is 1. The van der Waals surface area contributed by atoms with Gasteiger partial charge in [0.15, 0.2) is 0 Å². The Morgan fingerprint density at radius 1 is 1.40 bits per heavy atom. The number of hydrogen-bond donors (Lipinski definition) is 1. The van der Waals surface area contributed by atoms with Gasteiger partial charge in [0.25, 0.3) is 0 Å². The van der Waals surface area contributed by atoms with Crippen molar-refractivity contribution in [1.82, 2.24) is 14.5 Å². The van der Waals surface area contributed by atoms with Crippen molar-refractivity contribution in [3.8, 4) is 5.69 Å². The lowest BCUT2D eigenvalue weighted by Crippen LogP contribution is -1.95. The zero-order valence-corrected chi connectivity index (χ0v) is 11.3. The van der Waals surface area contributed by atoms with Crippen molar-refractivity contribution in [3.05, 3.63) is 41.4 Å². The molecular weight excluding hydrogens is 274 g/mol. The van der Waals surface area contributed by atoms with Crippen LogP contribution in [0.5, 0.6) is 0 Å². The van der Waals surface area contributed by atoms with Crippen molar-refractivity contribution >= 4 is 27.5 Å². The van der Waals surface area contributed by atoms with Gasteiger partial charge in [0.1, 0.15) is 5.52 Å². The summed E-state index contributed by atoms with van der Waals surface area (Å²) in [6, 6.07) is 5.74. The third kappa shape index (κ3) is 1.80. The summed E-state index contributed by atoms with van der Waals surface area (Å²) < 4.78 is 2.81. The number of carboxylic acid groups (broad SMARTS) is 1. The highest BCUT2D eigenvalue weighted by Crippen LogP contribution is 2.39. The van der Waals surface area contributed by atoms with Crippen molar-refractivity contribution < 1.29 is 9.90 Å². The van der Waals surface area contributed by atoms with E-state index in [1.54, 1.807) is 6.33 Å². The molecule has 0 radical (unpaired) electrons. The fraction of sp³-hybridized carbons (Fsp3) is 0.214. The second kappa shape index (κ2) is 4.14. The molecule has 6 heteroatoms. The molecule has 5 nitrogen and oxygen atoms in total. The van der Waals surface area contributed by atoms with Crippen LogP contribution in [0, 0.1) is 0 Å². The van der Waals surface area contributed by atoms with Crippen molar-refractivity contribution in [2.75, 3.05) is 0 Å². The quantitative estimate of drug-likeness (QED) is 0.803. The Morgan fingerprint density at radius 2 is 2.25 bits per heavy atom. The van der Waals surface area contributed by atoms with Gasteiger partial charge < -0.3 is 9.67 Å². The molecule has 0 bridgehead atoms. The number of rotatable bonds is 3. The van der Waals surface area contributed by atoms with Crippen molar-refractivity contribution in [2.45, 2.75) is 18.8 Å². The summed E-state index contributed by atoms with van der Waals surface area (Å²) in [4.78, 5) is 19.7. The van der Waals surface area contributed by atoms with Crippen LogP contribution < -0.4 is 0 Å². The average Bonchev–Trinajstić information content (AvgIpc) is 3.02. The van der Waals surface area contributed by atoms with Crippen molar-refractivity contribution in [2.24, 2.45) is 0 Å². The molecule has 1 fully saturated rings. The summed E-state index contributed by atoms with van der Waals surface area (Å²) in [7, 11) is 0. The zero-order valence-electron chi connectivity index (χ0n) is 10.5. The summed E-state index contributed by atoms with van der Waals surface area (Å²) in [5.74, 6) is -0.387. The second-order valence-corrected chi connectivity index (χ2v) is 5.96. The van der Waals surface area contributed by atoms with Gasteiger partial charge in [-0.2, -0.15) is 0 Å². The first kappa shape index (κ1) is 11.6. The minimum atomic E-state index is -0.985. The number of carbonyl (C=O) groups is 1. The topological polar surface area (TPSA) is 68.0 Å². The third-order valence-electron chi connectivity index (χ3n) is 3.46. The lowest BCUT2D eigenvalue weighted by Gasteiger charge is -2.02. The van der Waals surface area contributed by atoms with Crippen LogP contribution in [0.1, 0.15) is 34.3 Å². The van der Waals surface area contributed by atoms with Gasteiger partial charge in [-0.25, -0.2) is 14.8 Å². The van der Waals surface area contributed by atoms with E-state index in [-0.39, 0.29) is 5.01 Å². The number of carboxylic acids is 1. The van der Waals surface area contributed by atoms with Crippen LogP contribution in [0.25, 0.3) is 15.9 Å². The smallest absolute Gasteiger partial charge is 0.365 e. The Hall–Kier alpha value is -2.21. The van der Waals surface area contributed by atoms with Crippen LogP contribution in [0.15, 0.2) is 30.7 Å². The largest absolute Gasteiger partial charge is 0.476 e. The molecule has 1 aliphatic rings. The van der Waals surface area contributed by atoms with E-state index in [0.717, 1.165) is 21.6 Å². The highest BCUT2D eigenvalue weighted by atomic mass is 32.1. The van der Waals surface area contributed by atoms with E-state index in [1.807, 2.05) is 29.0 Å². The van der Waals surface area contributed by atoms with Crippen molar-refractivity contribution in [3.63, 3.8) is 0 Å². The number of nitrogens with zero attached hydrogens (tertiary/aromatic N) is 3. The van der Waals surface area contributed by atoms with E-state index in [9.17, 15) is 4.79 Å². The maximum absolute atomic E-state index is 11.0. The number of hydrogen-bond acceptors (Lipinski definition) is 4. The predicted molar refractivity (Wildman–Crippen MR) is 75.7 cm³/mol. The lowest BCUT2D eigenvalue weighted by atomic mass is 10.3. The molecule has 2 aromatic heterocycles. The first-order valence-electron chi connectivity index (χ1n) is 6.39. The second-order valence-electron chi connectivity index (χ2n) is 4.93. The van der Waals surface area contributed by atoms with E-state index >= 15 is 0 Å². The fourth-order valence-electron chi connectivity index (χ4n) is 2.29. The molecule has 3 aromatic rings. The summed E-state index contributed by atoms with van der Waals surface area (Å²) in [6.07, 6.45) is 6.22. The zero-order chi connectivity index (χ0) is 13.7. The molecule has 2 heterocycles. The van der Waals surface area contributed by atoms with Crippen molar-refractivity contribution in [1.29, 1.82) is 0 Å². The maximum Gasteiger partial charge on any atom is 0.365 e. The molecule has 1 saturated carbocycles. The Balaban J connectivity index is 1.86. The van der Waals surface area contributed by atoms with Gasteiger partial charge in [-0.1, -0.05) is 6.07 Å². The predicted octanol–water partition coefficient (Wildman–Crippen LogP) is 3.06. The van der Waals surface area contributed by atoms with Gasteiger partial charge in [-0.15, -0.1) is 11.3 Å². The number of imidazole rings is 1. The number of thiazole rings is 1. The van der Waals surface area contributed by atoms with Crippen LogP contribution in [0.4, 0.5) is 0 Å². The molecule has 0 atom stereocenters. The Morgan fingerprint density at radius 3 is 3.00 bits per heavy atom. The number of aromatic carboxylic acids is 1. The molecule has 0 spiro atoms. The van der Waals surface area contributed by atoms with Gasteiger partial charge in [0, 0.05) is 12.1 Å². The highest BCUT2D eigenvalue weighted by molar-refractivity contribution is 7.20. The van der Waals surface area contributed by atoms with Crippen LogP contribution in [0.3, 0.4) is 0 Å². The molecule has 20 heavy (non-hydrogen) atoms.